The Bertz CT molecular complexity index is 939. The van der Waals surface area contributed by atoms with Crippen LogP contribution in [-0.4, -0.2) is 31.2 Å². The molecule has 0 saturated carbocycles. The molecule has 1 aromatic carbocycles. The largest absolute Gasteiger partial charge is 0.456 e. The zero-order valence-electron chi connectivity index (χ0n) is 15.7. The summed E-state index contributed by atoms with van der Waals surface area (Å²) in [6, 6.07) is 7.38. The van der Waals surface area contributed by atoms with Gasteiger partial charge in [-0.1, -0.05) is 12.1 Å². The fourth-order valence-electron chi connectivity index (χ4n) is 2.52. The van der Waals surface area contributed by atoms with Crippen LogP contribution >= 0.6 is 0 Å². The van der Waals surface area contributed by atoms with Crippen LogP contribution in [0.1, 0.15) is 48.0 Å². The van der Waals surface area contributed by atoms with Gasteiger partial charge in [-0.05, 0) is 52.3 Å². The Kier molecular flexibility index (Phi) is 4.63. The molecule has 7 nitrogen and oxygen atoms in total. The van der Waals surface area contributed by atoms with Crippen molar-refractivity contribution in [2.45, 2.75) is 46.8 Å². The lowest BCUT2D eigenvalue weighted by Crippen LogP contribution is -2.23. The molecule has 136 valence electrons. The van der Waals surface area contributed by atoms with Crippen molar-refractivity contribution in [2.24, 2.45) is 0 Å². The summed E-state index contributed by atoms with van der Waals surface area (Å²) in [5.74, 6) is 1.11. The van der Waals surface area contributed by atoms with Gasteiger partial charge in [0.05, 0.1) is 5.56 Å². The predicted molar refractivity (Wildman–Crippen MR) is 99.2 cm³/mol. The summed E-state index contributed by atoms with van der Waals surface area (Å²) in [7, 11) is 0. The Morgan fingerprint density at radius 2 is 1.88 bits per heavy atom. The summed E-state index contributed by atoms with van der Waals surface area (Å²) in [4.78, 5) is 20.6. The highest BCUT2D eigenvalue weighted by molar-refractivity contribution is 5.89. The van der Waals surface area contributed by atoms with Crippen molar-refractivity contribution in [3.05, 3.63) is 53.0 Å². The standard InChI is InChI=1S/C19H23N5O2/c1-12-13(2)23-18-21-11-22-24(18)16(12)20-10-14-6-8-15(9-7-14)17(25)26-19(3,4)5/h6-9,11,20H,10H2,1-5H3. The third-order valence-electron chi connectivity index (χ3n) is 3.96. The van der Waals surface area contributed by atoms with Gasteiger partial charge in [-0.3, -0.25) is 0 Å². The first-order valence-electron chi connectivity index (χ1n) is 8.48. The number of esters is 1. The van der Waals surface area contributed by atoms with Crippen LogP contribution in [0.5, 0.6) is 0 Å². The van der Waals surface area contributed by atoms with Gasteiger partial charge >= 0.3 is 5.97 Å². The van der Waals surface area contributed by atoms with Crippen molar-refractivity contribution < 1.29 is 9.53 Å². The number of nitrogens with one attached hydrogen (secondary N) is 1. The maximum atomic E-state index is 12.1. The number of carbonyl (C=O) groups excluding carboxylic acids is 1. The van der Waals surface area contributed by atoms with Gasteiger partial charge in [-0.2, -0.15) is 14.6 Å². The van der Waals surface area contributed by atoms with Crippen molar-refractivity contribution in [3.8, 4) is 0 Å². The van der Waals surface area contributed by atoms with Crippen LogP contribution in [0.3, 0.4) is 0 Å². The summed E-state index contributed by atoms with van der Waals surface area (Å²) in [5.41, 5.74) is 3.01. The highest BCUT2D eigenvalue weighted by Gasteiger charge is 2.17. The highest BCUT2D eigenvalue weighted by atomic mass is 16.6. The van der Waals surface area contributed by atoms with Gasteiger partial charge in [0, 0.05) is 17.8 Å². The minimum Gasteiger partial charge on any atom is -0.456 e. The van der Waals surface area contributed by atoms with E-state index in [-0.39, 0.29) is 5.97 Å². The Hall–Kier alpha value is -2.96. The quantitative estimate of drug-likeness (QED) is 0.725. The molecule has 3 aromatic rings. The molecule has 0 aliphatic heterocycles. The van der Waals surface area contributed by atoms with E-state index in [0.717, 1.165) is 22.6 Å². The first-order chi connectivity index (χ1) is 12.2. The molecule has 2 aromatic heterocycles. The number of hydrogen-bond donors (Lipinski definition) is 1. The van der Waals surface area contributed by atoms with Crippen LogP contribution in [0.25, 0.3) is 5.78 Å². The Labute approximate surface area is 152 Å². The molecule has 0 aliphatic carbocycles. The second kappa shape index (κ2) is 6.74. The zero-order valence-corrected chi connectivity index (χ0v) is 15.7. The number of rotatable bonds is 4. The van der Waals surface area contributed by atoms with E-state index in [1.807, 2.05) is 46.8 Å². The molecular weight excluding hydrogens is 330 g/mol. The smallest absolute Gasteiger partial charge is 0.338 e. The maximum Gasteiger partial charge on any atom is 0.338 e. The van der Waals surface area contributed by atoms with Crippen molar-refractivity contribution in [2.75, 3.05) is 5.32 Å². The number of hydrogen-bond acceptors (Lipinski definition) is 6. The maximum absolute atomic E-state index is 12.1. The SMILES string of the molecule is Cc1nc2ncnn2c(NCc2ccc(C(=O)OC(C)(C)C)cc2)c1C. The summed E-state index contributed by atoms with van der Waals surface area (Å²) in [6.07, 6.45) is 1.49. The van der Waals surface area contributed by atoms with E-state index in [4.69, 9.17) is 4.74 Å². The third-order valence-corrected chi connectivity index (χ3v) is 3.96. The number of benzene rings is 1. The van der Waals surface area contributed by atoms with E-state index >= 15 is 0 Å². The molecule has 0 bridgehead atoms. The fraction of sp³-hybridized carbons (Fsp3) is 0.368. The molecular formula is C19H23N5O2. The molecule has 0 atom stereocenters. The second-order valence-electron chi connectivity index (χ2n) is 7.20. The lowest BCUT2D eigenvalue weighted by atomic mass is 10.1. The zero-order chi connectivity index (χ0) is 18.9. The summed E-state index contributed by atoms with van der Waals surface area (Å²) in [6.45, 7) is 10.1. The van der Waals surface area contributed by atoms with Crippen molar-refractivity contribution >= 4 is 17.6 Å². The Morgan fingerprint density at radius 3 is 2.54 bits per heavy atom. The number of fused-ring (bicyclic) bond motifs is 1. The van der Waals surface area contributed by atoms with Gasteiger partial charge in [0.25, 0.3) is 5.78 Å². The number of anilines is 1. The summed E-state index contributed by atoms with van der Waals surface area (Å²) < 4.78 is 7.07. The van der Waals surface area contributed by atoms with Gasteiger partial charge in [-0.15, -0.1) is 0 Å². The van der Waals surface area contributed by atoms with Crippen LogP contribution in [0.15, 0.2) is 30.6 Å². The van der Waals surface area contributed by atoms with Crippen LogP contribution in [0.4, 0.5) is 5.82 Å². The second-order valence-corrected chi connectivity index (χ2v) is 7.20. The normalized spacial score (nSPS) is 11.6. The molecule has 2 heterocycles. The average Bonchev–Trinajstić information content (AvgIpc) is 3.02. The number of nitrogens with zero attached hydrogens (tertiary/aromatic N) is 4. The molecule has 0 aliphatic rings. The molecule has 7 heteroatoms. The molecule has 0 fully saturated rings. The predicted octanol–water partition coefficient (Wildman–Crippen LogP) is 3.31. The molecule has 0 saturated heterocycles. The first kappa shape index (κ1) is 17.8. The van der Waals surface area contributed by atoms with E-state index < -0.39 is 5.60 Å². The van der Waals surface area contributed by atoms with Crippen molar-refractivity contribution in [1.82, 2.24) is 19.6 Å². The van der Waals surface area contributed by atoms with E-state index in [9.17, 15) is 4.79 Å². The van der Waals surface area contributed by atoms with E-state index in [1.165, 1.54) is 6.33 Å². The van der Waals surface area contributed by atoms with Gasteiger partial charge in [0.1, 0.15) is 17.7 Å². The van der Waals surface area contributed by atoms with E-state index in [2.05, 4.69) is 20.4 Å². The molecule has 0 amide bonds. The topological polar surface area (TPSA) is 81.4 Å². The van der Waals surface area contributed by atoms with Crippen LogP contribution in [0.2, 0.25) is 0 Å². The van der Waals surface area contributed by atoms with Gasteiger partial charge in [-0.25, -0.2) is 9.78 Å². The first-order valence-corrected chi connectivity index (χ1v) is 8.48. The monoisotopic (exact) mass is 353 g/mol. The summed E-state index contributed by atoms with van der Waals surface area (Å²) in [5, 5.41) is 7.61. The Balaban J connectivity index is 1.74. The van der Waals surface area contributed by atoms with E-state index in [0.29, 0.717) is 17.9 Å². The van der Waals surface area contributed by atoms with Crippen LogP contribution in [0, 0.1) is 13.8 Å². The molecule has 0 unspecified atom stereocenters. The van der Waals surface area contributed by atoms with Gasteiger partial charge in [0.2, 0.25) is 0 Å². The van der Waals surface area contributed by atoms with Crippen molar-refractivity contribution in [1.29, 1.82) is 0 Å². The molecule has 26 heavy (non-hydrogen) atoms. The number of ether oxygens (including phenoxy) is 1. The average molecular weight is 353 g/mol. The molecule has 1 N–H and O–H groups in total. The lowest BCUT2D eigenvalue weighted by molar-refractivity contribution is 0.00695. The van der Waals surface area contributed by atoms with Crippen molar-refractivity contribution in [3.63, 3.8) is 0 Å². The van der Waals surface area contributed by atoms with E-state index in [1.54, 1.807) is 16.6 Å². The summed E-state index contributed by atoms with van der Waals surface area (Å²) >= 11 is 0. The molecule has 3 rings (SSSR count). The fourth-order valence-corrected chi connectivity index (χ4v) is 2.52. The molecule has 0 spiro atoms. The lowest BCUT2D eigenvalue weighted by Gasteiger charge is -2.19. The van der Waals surface area contributed by atoms with Crippen LogP contribution in [-0.2, 0) is 11.3 Å². The number of carbonyl (C=O) groups is 1. The number of aromatic nitrogens is 4. The molecule has 0 radical (unpaired) electrons. The van der Waals surface area contributed by atoms with Crippen LogP contribution < -0.4 is 5.32 Å². The minimum atomic E-state index is -0.503. The number of aryl methyl sites for hydroxylation is 1. The van der Waals surface area contributed by atoms with Gasteiger partial charge in [0.15, 0.2) is 0 Å². The minimum absolute atomic E-state index is 0.318. The van der Waals surface area contributed by atoms with Gasteiger partial charge < -0.3 is 10.1 Å². The Morgan fingerprint density at radius 1 is 1.19 bits per heavy atom. The third kappa shape index (κ3) is 3.82. The highest BCUT2D eigenvalue weighted by Crippen LogP contribution is 2.19.